The average molecular weight is 415 g/mol. The first-order chi connectivity index (χ1) is 14.1. The van der Waals surface area contributed by atoms with Crippen molar-refractivity contribution in [3.63, 3.8) is 0 Å². The van der Waals surface area contributed by atoms with E-state index < -0.39 is 29.6 Å². The zero-order chi connectivity index (χ0) is 22.1. The molecule has 2 aromatic rings. The minimum absolute atomic E-state index is 0.235. The standard InChI is InChI=1S/C20H25N5O5/c1-6-13(30-25-17(26)14-9-7-8-10-15(14)18(25)27)11-24-12-16(21-22-24)23(5)19(28)29-20(2,3)4/h7-10,12-13H,6,11H2,1-5H3. The summed E-state index contributed by atoms with van der Waals surface area (Å²) in [5, 5.41) is 8.78. The van der Waals surface area contributed by atoms with Crippen LogP contribution in [-0.4, -0.2) is 56.7 Å². The van der Waals surface area contributed by atoms with E-state index in [1.165, 1.54) is 16.6 Å². The summed E-state index contributed by atoms with van der Waals surface area (Å²) in [4.78, 5) is 44.1. The van der Waals surface area contributed by atoms with E-state index in [-0.39, 0.29) is 6.54 Å². The molecule has 3 rings (SSSR count). The molecule has 10 heteroatoms. The second kappa shape index (κ2) is 8.23. The van der Waals surface area contributed by atoms with Gasteiger partial charge in [0.1, 0.15) is 11.7 Å². The predicted molar refractivity (Wildman–Crippen MR) is 107 cm³/mol. The van der Waals surface area contributed by atoms with Crippen LogP contribution in [0.3, 0.4) is 0 Å². The molecule has 30 heavy (non-hydrogen) atoms. The molecule has 10 nitrogen and oxygen atoms in total. The number of nitrogens with zero attached hydrogens (tertiary/aromatic N) is 5. The smallest absolute Gasteiger partial charge is 0.415 e. The van der Waals surface area contributed by atoms with Gasteiger partial charge in [-0.05, 0) is 39.3 Å². The summed E-state index contributed by atoms with van der Waals surface area (Å²) in [6, 6.07) is 6.58. The quantitative estimate of drug-likeness (QED) is 0.668. The maximum atomic E-state index is 12.5. The predicted octanol–water partition coefficient (Wildman–Crippen LogP) is 2.66. The van der Waals surface area contributed by atoms with Crippen LogP contribution in [0.4, 0.5) is 10.6 Å². The Morgan fingerprint density at radius 1 is 1.17 bits per heavy atom. The van der Waals surface area contributed by atoms with Crippen molar-refractivity contribution in [3.05, 3.63) is 41.6 Å². The normalized spacial score (nSPS) is 14.6. The maximum absolute atomic E-state index is 12.5. The van der Waals surface area contributed by atoms with Crippen LogP contribution in [0.15, 0.2) is 30.5 Å². The molecule has 160 valence electrons. The molecule has 1 aliphatic rings. The molecule has 0 bridgehead atoms. The average Bonchev–Trinajstić information content (AvgIpc) is 3.24. The van der Waals surface area contributed by atoms with E-state index in [0.29, 0.717) is 23.4 Å². The molecular formula is C20H25N5O5. The summed E-state index contributed by atoms with van der Waals surface area (Å²) in [6.07, 6.45) is 1.03. The first-order valence-electron chi connectivity index (χ1n) is 9.62. The third-order valence-corrected chi connectivity index (χ3v) is 4.39. The highest BCUT2D eigenvalue weighted by molar-refractivity contribution is 6.20. The van der Waals surface area contributed by atoms with Crippen LogP contribution in [-0.2, 0) is 16.1 Å². The van der Waals surface area contributed by atoms with Crippen molar-refractivity contribution in [1.82, 2.24) is 20.1 Å². The molecule has 0 aliphatic carbocycles. The number of carbonyl (C=O) groups excluding carboxylic acids is 3. The van der Waals surface area contributed by atoms with E-state index in [1.54, 1.807) is 51.2 Å². The number of hydrogen-bond acceptors (Lipinski definition) is 7. The summed E-state index contributed by atoms with van der Waals surface area (Å²) in [5.41, 5.74) is 0.00765. The van der Waals surface area contributed by atoms with Crippen molar-refractivity contribution in [2.75, 3.05) is 11.9 Å². The third-order valence-electron chi connectivity index (χ3n) is 4.39. The van der Waals surface area contributed by atoms with Gasteiger partial charge in [-0.15, -0.1) is 10.2 Å². The second-order valence-electron chi connectivity index (χ2n) is 7.92. The van der Waals surface area contributed by atoms with Gasteiger partial charge >= 0.3 is 6.09 Å². The van der Waals surface area contributed by atoms with Gasteiger partial charge in [0.2, 0.25) is 0 Å². The number of benzene rings is 1. The second-order valence-corrected chi connectivity index (χ2v) is 7.92. The highest BCUT2D eigenvalue weighted by atomic mass is 16.7. The fourth-order valence-corrected chi connectivity index (χ4v) is 2.81. The molecule has 2 heterocycles. The van der Waals surface area contributed by atoms with Gasteiger partial charge in [0.05, 0.1) is 23.9 Å². The van der Waals surface area contributed by atoms with E-state index in [9.17, 15) is 14.4 Å². The number of ether oxygens (including phenoxy) is 1. The molecule has 1 aromatic heterocycles. The molecule has 0 saturated heterocycles. The molecule has 0 N–H and O–H groups in total. The molecule has 0 saturated carbocycles. The first-order valence-corrected chi connectivity index (χ1v) is 9.62. The van der Waals surface area contributed by atoms with Gasteiger partial charge < -0.3 is 4.74 Å². The number of amides is 3. The lowest BCUT2D eigenvalue weighted by Crippen LogP contribution is -2.36. The minimum atomic E-state index is -0.630. The zero-order valence-electron chi connectivity index (χ0n) is 17.7. The molecule has 0 spiro atoms. The molecule has 1 aliphatic heterocycles. The Balaban J connectivity index is 1.66. The van der Waals surface area contributed by atoms with Crippen LogP contribution in [0.2, 0.25) is 0 Å². The number of aromatic nitrogens is 3. The number of fused-ring (bicyclic) bond motifs is 1. The van der Waals surface area contributed by atoms with Crippen LogP contribution in [0.1, 0.15) is 54.8 Å². The maximum Gasteiger partial charge on any atom is 0.415 e. The lowest BCUT2D eigenvalue weighted by atomic mass is 10.1. The monoisotopic (exact) mass is 415 g/mol. The van der Waals surface area contributed by atoms with Crippen LogP contribution in [0, 0.1) is 0 Å². The van der Waals surface area contributed by atoms with Gasteiger partial charge in [0.15, 0.2) is 5.82 Å². The molecule has 1 unspecified atom stereocenters. The topological polar surface area (TPSA) is 107 Å². The molecule has 3 amide bonds. The Hall–Kier alpha value is -3.27. The molecule has 1 aromatic carbocycles. The van der Waals surface area contributed by atoms with Crippen LogP contribution in [0.5, 0.6) is 0 Å². The summed E-state index contributed by atoms with van der Waals surface area (Å²) >= 11 is 0. The van der Waals surface area contributed by atoms with Crippen LogP contribution < -0.4 is 4.90 Å². The highest BCUT2D eigenvalue weighted by Gasteiger charge is 2.38. The van der Waals surface area contributed by atoms with Gasteiger partial charge in [0.25, 0.3) is 11.8 Å². The number of anilines is 1. The van der Waals surface area contributed by atoms with Crippen molar-refractivity contribution >= 4 is 23.7 Å². The first kappa shape index (κ1) is 21.4. The number of hydroxylamine groups is 2. The lowest BCUT2D eigenvalue weighted by Gasteiger charge is -2.23. The van der Waals surface area contributed by atoms with E-state index in [1.807, 2.05) is 6.92 Å². The fraction of sp³-hybridized carbons (Fsp3) is 0.450. The van der Waals surface area contributed by atoms with Crippen molar-refractivity contribution in [3.8, 4) is 0 Å². The molecule has 0 radical (unpaired) electrons. The number of hydrogen-bond donors (Lipinski definition) is 0. The van der Waals surface area contributed by atoms with Crippen LogP contribution in [0.25, 0.3) is 0 Å². The Bertz CT molecular complexity index is 929. The van der Waals surface area contributed by atoms with E-state index >= 15 is 0 Å². The Morgan fingerprint density at radius 2 is 1.77 bits per heavy atom. The largest absolute Gasteiger partial charge is 0.443 e. The highest BCUT2D eigenvalue weighted by Crippen LogP contribution is 2.24. The Labute approximate surface area is 174 Å². The van der Waals surface area contributed by atoms with Crippen molar-refractivity contribution < 1.29 is 24.0 Å². The number of imide groups is 1. The molecule has 1 atom stereocenters. The van der Waals surface area contributed by atoms with Crippen molar-refractivity contribution in [2.24, 2.45) is 0 Å². The van der Waals surface area contributed by atoms with Gasteiger partial charge in [-0.25, -0.2) is 9.48 Å². The molecular weight excluding hydrogens is 390 g/mol. The van der Waals surface area contributed by atoms with Gasteiger partial charge in [-0.2, -0.15) is 0 Å². The number of rotatable bonds is 6. The van der Waals surface area contributed by atoms with Gasteiger partial charge in [-0.3, -0.25) is 19.3 Å². The summed E-state index contributed by atoms with van der Waals surface area (Å²) in [6.45, 7) is 7.43. The third kappa shape index (κ3) is 4.48. The summed E-state index contributed by atoms with van der Waals surface area (Å²) in [5.74, 6) is -0.671. The SMILES string of the molecule is CCC(Cn1cc(N(C)C(=O)OC(C)(C)C)nn1)ON1C(=O)c2ccccc2C1=O. The Kier molecular flexibility index (Phi) is 5.88. The fourth-order valence-electron chi connectivity index (χ4n) is 2.81. The summed E-state index contributed by atoms with van der Waals surface area (Å²) < 4.78 is 6.80. The van der Waals surface area contributed by atoms with Gasteiger partial charge in [-0.1, -0.05) is 24.3 Å². The minimum Gasteiger partial charge on any atom is -0.443 e. The van der Waals surface area contributed by atoms with E-state index in [4.69, 9.17) is 9.57 Å². The lowest BCUT2D eigenvalue weighted by molar-refractivity contribution is -0.138. The van der Waals surface area contributed by atoms with Gasteiger partial charge in [0, 0.05) is 7.05 Å². The zero-order valence-corrected chi connectivity index (χ0v) is 17.7. The summed E-state index contributed by atoms with van der Waals surface area (Å²) in [7, 11) is 1.54. The van der Waals surface area contributed by atoms with Crippen molar-refractivity contribution in [2.45, 2.75) is 52.4 Å². The number of carbonyl (C=O) groups is 3. The van der Waals surface area contributed by atoms with E-state index in [2.05, 4.69) is 10.3 Å². The van der Waals surface area contributed by atoms with Crippen LogP contribution >= 0.6 is 0 Å². The van der Waals surface area contributed by atoms with E-state index in [0.717, 1.165) is 5.06 Å². The van der Waals surface area contributed by atoms with Crippen molar-refractivity contribution in [1.29, 1.82) is 0 Å². The Morgan fingerprint density at radius 3 is 2.30 bits per heavy atom. The molecule has 0 fully saturated rings.